The Kier molecular flexibility index (Phi) is 5.27. The Labute approximate surface area is 161 Å². The molecule has 0 unspecified atom stereocenters. The van der Waals surface area contributed by atoms with Gasteiger partial charge in [-0.1, -0.05) is 17.7 Å². The zero-order valence-corrected chi connectivity index (χ0v) is 15.5. The van der Waals surface area contributed by atoms with Gasteiger partial charge >= 0.3 is 0 Å². The molecule has 1 atom stereocenters. The molecule has 0 aliphatic carbocycles. The van der Waals surface area contributed by atoms with Gasteiger partial charge in [-0.3, -0.25) is 9.20 Å². The van der Waals surface area contributed by atoms with Gasteiger partial charge in [-0.2, -0.15) is 0 Å². The summed E-state index contributed by atoms with van der Waals surface area (Å²) in [6.07, 6.45) is 3.93. The molecular weight excluding hydrogens is 366 g/mol. The van der Waals surface area contributed by atoms with Crippen molar-refractivity contribution in [2.24, 2.45) is 0 Å². The second kappa shape index (κ2) is 7.98. The maximum absolute atomic E-state index is 12.2. The van der Waals surface area contributed by atoms with Crippen LogP contribution in [0.25, 0.3) is 5.65 Å². The summed E-state index contributed by atoms with van der Waals surface area (Å²) in [4.78, 5) is 16.7. The third-order valence-corrected chi connectivity index (χ3v) is 4.71. The van der Waals surface area contributed by atoms with E-state index in [1.54, 1.807) is 30.5 Å². The molecule has 2 aromatic heterocycles. The molecular formula is C20H20ClN3O3. The highest BCUT2D eigenvalue weighted by Crippen LogP contribution is 2.29. The third-order valence-electron chi connectivity index (χ3n) is 4.47. The van der Waals surface area contributed by atoms with Gasteiger partial charge in [0, 0.05) is 23.9 Å². The fraction of sp³-hybridized carbons (Fsp3) is 0.300. The van der Waals surface area contributed by atoms with Crippen LogP contribution in [0.2, 0.25) is 5.02 Å². The summed E-state index contributed by atoms with van der Waals surface area (Å²) in [5.74, 6) is 0.701. The summed E-state index contributed by atoms with van der Waals surface area (Å²) in [6, 6.07) is 12.4. The van der Waals surface area contributed by atoms with Gasteiger partial charge < -0.3 is 14.8 Å². The Balaban J connectivity index is 1.50. The molecule has 1 saturated heterocycles. The number of hydrogen-bond donors (Lipinski definition) is 1. The number of pyridine rings is 1. The quantitative estimate of drug-likeness (QED) is 0.703. The van der Waals surface area contributed by atoms with Crippen LogP contribution in [0, 0.1) is 0 Å². The highest BCUT2D eigenvalue weighted by Gasteiger charge is 2.17. The average Bonchev–Trinajstić information content (AvgIpc) is 3.19. The van der Waals surface area contributed by atoms with Crippen molar-refractivity contribution in [3.63, 3.8) is 0 Å². The number of ether oxygens (including phenoxy) is 2. The number of anilines is 1. The maximum Gasteiger partial charge on any atom is 0.258 e. The summed E-state index contributed by atoms with van der Waals surface area (Å²) < 4.78 is 13.0. The van der Waals surface area contributed by atoms with Gasteiger partial charge in [0.15, 0.2) is 0 Å². The number of nitrogens with zero attached hydrogens (tertiary/aromatic N) is 2. The number of fused-ring (bicyclic) bond motifs is 1. The molecule has 3 heterocycles. The lowest BCUT2D eigenvalue weighted by Gasteiger charge is -2.16. The van der Waals surface area contributed by atoms with E-state index in [-0.39, 0.29) is 11.7 Å². The van der Waals surface area contributed by atoms with Gasteiger partial charge in [-0.25, -0.2) is 4.98 Å². The SMILES string of the molecule is O=c1cc(CNc2cc(Cl)ccc2OC[C@H]2CCCO2)nc2ccccn12. The molecule has 0 saturated carbocycles. The second-order valence-corrected chi connectivity index (χ2v) is 6.89. The molecule has 0 amide bonds. The van der Waals surface area contributed by atoms with E-state index >= 15 is 0 Å². The smallest absolute Gasteiger partial charge is 0.258 e. The minimum atomic E-state index is -0.113. The molecule has 0 spiro atoms. The van der Waals surface area contributed by atoms with Crippen LogP contribution in [0.3, 0.4) is 0 Å². The Morgan fingerprint density at radius 2 is 2.22 bits per heavy atom. The van der Waals surface area contributed by atoms with E-state index in [2.05, 4.69) is 10.3 Å². The monoisotopic (exact) mass is 385 g/mol. The van der Waals surface area contributed by atoms with Crippen molar-refractivity contribution in [1.29, 1.82) is 0 Å². The average molecular weight is 386 g/mol. The molecule has 3 aromatic rings. The van der Waals surface area contributed by atoms with Gasteiger partial charge in [-0.15, -0.1) is 0 Å². The molecule has 27 heavy (non-hydrogen) atoms. The van der Waals surface area contributed by atoms with Crippen LogP contribution in [0.4, 0.5) is 5.69 Å². The summed E-state index contributed by atoms with van der Waals surface area (Å²) in [5, 5.41) is 3.88. The van der Waals surface area contributed by atoms with Gasteiger partial charge in [0.25, 0.3) is 5.56 Å². The molecule has 7 heteroatoms. The molecule has 1 aliphatic heterocycles. The van der Waals surface area contributed by atoms with Crippen LogP contribution < -0.4 is 15.6 Å². The highest BCUT2D eigenvalue weighted by atomic mass is 35.5. The molecule has 140 valence electrons. The minimum Gasteiger partial charge on any atom is -0.489 e. The minimum absolute atomic E-state index is 0.113. The van der Waals surface area contributed by atoms with Crippen molar-refractivity contribution in [1.82, 2.24) is 9.38 Å². The van der Waals surface area contributed by atoms with Crippen molar-refractivity contribution in [2.75, 3.05) is 18.5 Å². The largest absolute Gasteiger partial charge is 0.489 e. The topological polar surface area (TPSA) is 64.9 Å². The molecule has 1 aliphatic rings. The summed E-state index contributed by atoms with van der Waals surface area (Å²) >= 11 is 6.14. The van der Waals surface area contributed by atoms with Gasteiger partial charge in [0.05, 0.1) is 24.0 Å². The van der Waals surface area contributed by atoms with Crippen molar-refractivity contribution in [3.8, 4) is 5.75 Å². The van der Waals surface area contributed by atoms with E-state index in [4.69, 9.17) is 21.1 Å². The lowest BCUT2D eigenvalue weighted by molar-refractivity contribution is 0.0682. The van der Waals surface area contributed by atoms with Crippen LogP contribution in [0.1, 0.15) is 18.5 Å². The van der Waals surface area contributed by atoms with E-state index in [1.807, 2.05) is 12.1 Å². The first-order chi connectivity index (χ1) is 13.2. The van der Waals surface area contributed by atoms with Crippen LogP contribution >= 0.6 is 11.6 Å². The third kappa shape index (κ3) is 4.23. The first-order valence-corrected chi connectivity index (χ1v) is 9.32. The van der Waals surface area contributed by atoms with E-state index in [1.165, 1.54) is 10.5 Å². The molecule has 1 fully saturated rings. The molecule has 1 N–H and O–H groups in total. The molecule has 1 aromatic carbocycles. The lowest BCUT2D eigenvalue weighted by atomic mass is 10.2. The fourth-order valence-electron chi connectivity index (χ4n) is 3.10. The molecule has 0 radical (unpaired) electrons. The Hall–Kier alpha value is -2.57. The predicted octanol–water partition coefficient (Wildman–Crippen LogP) is 3.52. The number of benzene rings is 1. The highest BCUT2D eigenvalue weighted by molar-refractivity contribution is 6.30. The zero-order chi connectivity index (χ0) is 18.6. The van der Waals surface area contributed by atoms with Crippen LogP contribution in [0.5, 0.6) is 5.75 Å². The van der Waals surface area contributed by atoms with E-state index in [9.17, 15) is 4.79 Å². The summed E-state index contributed by atoms with van der Waals surface area (Å²) in [7, 11) is 0. The molecule has 6 nitrogen and oxygen atoms in total. The maximum atomic E-state index is 12.2. The first-order valence-electron chi connectivity index (χ1n) is 8.94. The van der Waals surface area contributed by atoms with Crippen molar-refractivity contribution < 1.29 is 9.47 Å². The number of rotatable bonds is 6. The van der Waals surface area contributed by atoms with Gasteiger partial charge in [0.2, 0.25) is 0 Å². The summed E-state index contributed by atoms with van der Waals surface area (Å²) in [5.41, 5.74) is 1.91. The van der Waals surface area contributed by atoms with Crippen LogP contribution in [-0.4, -0.2) is 28.7 Å². The van der Waals surface area contributed by atoms with Gasteiger partial charge in [-0.05, 0) is 43.2 Å². The Morgan fingerprint density at radius 3 is 3.07 bits per heavy atom. The zero-order valence-electron chi connectivity index (χ0n) is 14.7. The number of aromatic nitrogens is 2. The van der Waals surface area contributed by atoms with Gasteiger partial charge in [0.1, 0.15) is 18.0 Å². The fourth-order valence-corrected chi connectivity index (χ4v) is 3.28. The number of nitrogens with one attached hydrogen (secondary N) is 1. The normalized spacial score (nSPS) is 16.6. The summed E-state index contributed by atoms with van der Waals surface area (Å²) in [6.45, 7) is 1.69. The van der Waals surface area contributed by atoms with E-state index in [0.717, 1.165) is 25.1 Å². The Bertz CT molecular complexity index is 999. The van der Waals surface area contributed by atoms with Crippen molar-refractivity contribution >= 4 is 22.9 Å². The molecule has 4 rings (SSSR count). The van der Waals surface area contributed by atoms with E-state index in [0.29, 0.717) is 35.3 Å². The van der Waals surface area contributed by atoms with Crippen molar-refractivity contribution in [2.45, 2.75) is 25.5 Å². The standard InChI is InChI=1S/C20H20ClN3O3/c21-14-6-7-18(27-13-16-4-3-9-26-16)17(10-14)22-12-15-11-20(25)24-8-2-1-5-19(24)23-15/h1-2,5-8,10-11,16,22H,3-4,9,12-13H2/t16-/m1/s1. The lowest BCUT2D eigenvalue weighted by Crippen LogP contribution is -2.18. The van der Waals surface area contributed by atoms with Crippen LogP contribution in [0.15, 0.2) is 53.5 Å². The van der Waals surface area contributed by atoms with Crippen LogP contribution in [-0.2, 0) is 11.3 Å². The molecule has 0 bridgehead atoms. The Morgan fingerprint density at radius 1 is 1.30 bits per heavy atom. The van der Waals surface area contributed by atoms with E-state index < -0.39 is 0 Å². The number of halogens is 1. The van der Waals surface area contributed by atoms with Crippen molar-refractivity contribution in [3.05, 3.63) is 69.7 Å². The first kappa shape index (κ1) is 17.8. The predicted molar refractivity (Wildman–Crippen MR) is 105 cm³/mol. The second-order valence-electron chi connectivity index (χ2n) is 6.45. The number of hydrogen-bond acceptors (Lipinski definition) is 5.